The molecule has 0 saturated heterocycles. The fourth-order valence-corrected chi connectivity index (χ4v) is 3.63. The zero-order chi connectivity index (χ0) is 23.2. The highest BCUT2D eigenvalue weighted by Crippen LogP contribution is 2.31. The number of halogens is 1. The first kappa shape index (κ1) is 22.2. The highest BCUT2D eigenvalue weighted by atomic mass is 19.1. The second kappa shape index (κ2) is 10.1. The van der Waals surface area contributed by atoms with E-state index in [9.17, 15) is 14.3 Å². The van der Waals surface area contributed by atoms with Gasteiger partial charge in [0.2, 0.25) is 0 Å². The van der Waals surface area contributed by atoms with Crippen molar-refractivity contribution in [3.63, 3.8) is 0 Å². The van der Waals surface area contributed by atoms with Crippen LogP contribution >= 0.6 is 0 Å². The van der Waals surface area contributed by atoms with Gasteiger partial charge in [0.1, 0.15) is 17.3 Å². The zero-order valence-electron chi connectivity index (χ0n) is 18.3. The number of hydrogen-bond donors (Lipinski definition) is 2. The molecule has 4 aromatic rings. The van der Waals surface area contributed by atoms with Gasteiger partial charge in [-0.3, -0.25) is 14.5 Å². The summed E-state index contributed by atoms with van der Waals surface area (Å²) >= 11 is 0. The molecule has 2 N–H and O–H groups in total. The van der Waals surface area contributed by atoms with E-state index in [0.717, 1.165) is 34.6 Å². The van der Waals surface area contributed by atoms with Gasteiger partial charge in [-0.15, -0.1) is 0 Å². The standard InChI is InChI=1S/C26H25FN4O2/c1-2-31-17-23(25(30-31)18-9-11-20(27)12-10-18)19-13-15-28-21(16-19)6-5-14-29-26(33)22-7-3-4-8-24(22)32/h3-4,7-13,15-17,32H,2,5-6,14H2,1H3,(H,29,33). The number of rotatable bonds is 8. The number of aromatic nitrogens is 3. The Labute approximate surface area is 191 Å². The van der Waals surface area contributed by atoms with E-state index in [-0.39, 0.29) is 23.0 Å². The topological polar surface area (TPSA) is 80.0 Å². The van der Waals surface area contributed by atoms with Crippen LogP contribution < -0.4 is 5.32 Å². The van der Waals surface area contributed by atoms with Crippen LogP contribution in [0.15, 0.2) is 73.1 Å². The lowest BCUT2D eigenvalue weighted by Gasteiger charge is -2.08. The van der Waals surface area contributed by atoms with Gasteiger partial charge in [-0.1, -0.05) is 12.1 Å². The number of para-hydroxylation sites is 1. The number of phenolic OH excluding ortho intramolecular Hbond substituents is 1. The number of phenols is 1. The van der Waals surface area contributed by atoms with E-state index in [4.69, 9.17) is 0 Å². The summed E-state index contributed by atoms with van der Waals surface area (Å²) in [5.74, 6) is -0.615. The van der Waals surface area contributed by atoms with Crippen molar-refractivity contribution < 1.29 is 14.3 Å². The van der Waals surface area contributed by atoms with Crippen molar-refractivity contribution in [3.05, 3.63) is 90.1 Å². The SMILES string of the molecule is CCn1cc(-c2ccnc(CCCNC(=O)c3ccccc3O)c2)c(-c2ccc(F)cc2)n1. The minimum atomic E-state index is -0.300. The molecule has 0 aliphatic rings. The molecule has 0 unspecified atom stereocenters. The fraction of sp³-hybridized carbons (Fsp3) is 0.192. The van der Waals surface area contributed by atoms with Gasteiger partial charge in [-0.2, -0.15) is 5.10 Å². The van der Waals surface area contributed by atoms with Gasteiger partial charge in [0.15, 0.2) is 0 Å². The fourth-order valence-electron chi connectivity index (χ4n) is 3.63. The third-order valence-corrected chi connectivity index (χ3v) is 5.37. The maximum atomic E-state index is 13.4. The molecule has 7 heteroatoms. The Hall–Kier alpha value is -4.00. The second-order valence-corrected chi connectivity index (χ2v) is 7.67. The Morgan fingerprint density at radius 1 is 1.09 bits per heavy atom. The summed E-state index contributed by atoms with van der Waals surface area (Å²) in [6.07, 6.45) is 5.14. The van der Waals surface area contributed by atoms with Crippen LogP contribution in [0, 0.1) is 5.82 Å². The van der Waals surface area contributed by atoms with Crippen LogP contribution in [0.4, 0.5) is 4.39 Å². The van der Waals surface area contributed by atoms with Crippen molar-refractivity contribution in [1.82, 2.24) is 20.1 Å². The number of hydrogen-bond acceptors (Lipinski definition) is 4. The number of carbonyl (C=O) groups is 1. The van der Waals surface area contributed by atoms with Crippen LogP contribution in [-0.4, -0.2) is 32.3 Å². The van der Waals surface area contributed by atoms with Gasteiger partial charge < -0.3 is 10.4 Å². The number of nitrogens with one attached hydrogen (secondary N) is 1. The smallest absolute Gasteiger partial charge is 0.255 e. The van der Waals surface area contributed by atoms with Crippen molar-refractivity contribution in [2.75, 3.05) is 6.54 Å². The Morgan fingerprint density at radius 3 is 2.64 bits per heavy atom. The van der Waals surface area contributed by atoms with Crippen LogP contribution in [0.25, 0.3) is 22.4 Å². The van der Waals surface area contributed by atoms with Gasteiger partial charge in [0.25, 0.3) is 5.91 Å². The quantitative estimate of drug-likeness (QED) is 0.381. The van der Waals surface area contributed by atoms with Crippen LogP contribution in [0.5, 0.6) is 5.75 Å². The molecule has 0 aliphatic heterocycles. The van der Waals surface area contributed by atoms with Crippen LogP contribution in [0.3, 0.4) is 0 Å². The molecule has 1 amide bonds. The molecule has 0 bridgehead atoms. The minimum Gasteiger partial charge on any atom is -0.507 e. The summed E-state index contributed by atoms with van der Waals surface area (Å²) < 4.78 is 15.3. The summed E-state index contributed by atoms with van der Waals surface area (Å²) in [5.41, 5.74) is 4.75. The maximum absolute atomic E-state index is 13.4. The number of carbonyl (C=O) groups excluding carboxylic acids is 1. The predicted octanol–water partition coefficient (Wildman–Crippen LogP) is 4.84. The molecular formula is C26H25FN4O2. The van der Waals surface area contributed by atoms with Gasteiger partial charge >= 0.3 is 0 Å². The van der Waals surface area contributed by atoms with E-state index in [1.807, 2.05) is 29.9 Å². The van der Waals surface area contributed by atoms with E-state index in [0.29, 0.717) is 19.4 Å². The van der Waals surface area contributed by atoms with Gasteiger partial charge in [0, 0.05) is 42.3 Å². The molecule has 0 fully saturated rings. The van der Waals surface area contributed by atoms with Gasteiger partial charge in [-0.25, -0.2) is 4.39 Å². The molecule has 0 spiro atoms. The molecule has 168 valence electrons. The number of aryl methyl sites for hydroxylation is 2. The Kier molecular flexibility index (Phi) is 6.78. The summed E-state index contributed by atoms with van der Waals surface area (Å²) in [6.45, 7) is 3.21. The maximum Gasteiger partial charge on any atom is 0.255 e. The largest absolute Gasteiger partial charge is 0.507 e. The van der Waals surface area contributed by atoms with Crippen molar-refractivity contribution >= 4 is 5.91 Å². The highest BCUT2D eigenvalue weighted by Gasteiger charge is 2.14. The molecule has 2 heterocycles. The third-order valence-electron chi connectivity index (χ3n) is 5.37. The third kappa shape index (κ3) is 5.26. The average Bonchev–Trinajstić information content (AvgIpc) is 3.27. The monoisotopic (exact) mass is 444 g/mol. The van der Waals surface area contributed by atoms with E-state index in [2.05, 4.69) is 15.4 Å². The van der Waals surface area contributed by atoms with Gasteiger partial charge in [0.05, 0.1) is 5.56 Å². The van der Waals surface area contributed by atoms with Crippen LogP contribution in [-0.2, 0) is 13.0 Å². The van der Waals surface area contributed by atoms with Crippen molar-refractivity contribution in [2.45, 2.75) is 26.3 Å². The first-order valence-electron chi connectivity index (χ1n) is 10.9. The lowest BCUT2D eigenvalue weighted by Crippen LogP contribution is -2.24. The summed E-state index contributed by atoms with van der Waals surface area (Å²) in [6, 6.07) is 16.8. The Morgan fingerprint density at radius 2 is 1.88 bits per heavy atom. The number of nitrogens with zero attached hydrogens (tertiary/aromatic N) is 3. The van der Waals surface area contributed by atoms with E-state index < -0.39 is 0 Å². The Balaban J connectivity index is 1.45. The molecule has 0 atom stereocenters. The van der Waals surface area contributed by atoms with Crippen molar-refractivity contribution in [2.24, 2.45) is 0 Å². The number of pyridine rings is 1. The molecule has 0 radical (unpaired) electrons. The molecule has 6 nitrogen and oxygen atoms in total. The predicted molar refractivity (Wildman–Crippen MR) is 125 cm³/mol. The molecule has 0 aliphatic carbocycles. The van der Waals surface area contributed by atoms with Crippen molar-refractivity contribution in [1.29, 1.82) is 0 Å². The van der Waals surface area contributed by atoms with Crippen LogP contribution in [0.1, 0.15) is 29.4 Å². The zero-order valence-corrected chi connectivity index (χ0v) is 18.3. The molecule has 4 rings (SSSR count). The first-order chi connectivity index (χ1) is 16.0. The Bertz CT molecular complexity index is 1250. The number of aromatic hydroxyl groups is 1. The van der Waals surface area contributed by atoms with E-state index >= 15 is 0 Å². The molecule has 0 saturated carbocycles. The second-order valence-electron chi connectivity index (χ2n) is 7.67. The molecular weight excluding hydrogens is 419 g/mol. The van der Waals surface area contributed by atoms with E-state index in [1.54, 1.807) is 36.5 Å². The molecule has 2 aromatic carbocycles. The van der Waals surface area contributed by atoms with Gasteiger partial charge in [-0.05, 0) is 73.9 Å². The minimum absolute atomic E-state index is 0.0334. The average molecular weight is 445 g/mol. The lowest BCUT2D eigenvalue weighted by molar-refractivity contribution is 0.0950. The number of benzene rings is 2. The van der Waals surface area contributed by atoms with E-state index in [1.165, 1.54) is 18.2 Å². The number of amides is 1. The van der Waals surface area contributed by atoms with Crippen LogP contribution in [0.2, 0.25) is 0 Å². The summed E-state index contributed by atoms with van der Waals surface area (Å²) in [4.78, 5) is 16.7. The molecule has 2 aromatic heterocycles. The summed E-state index contributed by atoms with van der Waals surface area (Å²) in [7, 11) is 0. The van der Waals surface area contributed by atoms with Crippen molar-refractivity contribution in [3.8, 4) is 28.1 Å². The normalized spacial score (nSPS) is 10.8. The molecule has 33 heavy (non-hydrogen) atoms. The highest BCUT2D eigenvalue weighted by molar-refractivity contribution is 5.96. The first-order valence-corrected chi connectivity index (χ1v) is 10.9. The lowest BCUT2D eigenvalue weighted by atomic mass is 10.0. The summed E-state index contributed by atoms with van der Waals surface area (Å²) in [5, 5.41) is 17.3.